The van der Waals surface area contributed by atoms with Crippen LogP contribution in [0.1, 0.15) is 26.1 Å². The molecule has 0 aliphatic carbocycles. The minimum absolute atomic E-state index is 0.731. The maximum atomic E-state index is 4.52. The largest absolute Gasteiger partial charge is 0.342 e. The average molecular weight is 201 g/mol. The summed E-state index contributed by atoms with van der Waals surface area (Å²) in [6.45, 7) is 4.46. The Morgan fingerprint density at radius 2 is 2.13 bits per heavy atom. The van der Waals surface area contributed by atoms with Crippen molar-refractivity contribution >= 4 is 11.0 Å². The summed E-state index contributed by atoms with van der Waals surface area (Å²) in [4.78, 5) is 7.85. The van der Waals surface area contributed by atoms with Gasteiger partial charge in [0.25, 0.3) is 0 Å². The van der Waals surface area contributed by atoms with Gasteiger partial charge in [0.05, 0.1) is 11.0 Å². The van der Waals surface area contributed by atoms with Crippen molar-refractivity contribution in [2.24, 2.45) is 5.92 Å². The summed E-state index contributed by atoms with van der Waals surface area (Å²) in [5.41, 5.74) is 2.19. The smallest absolute Gasteiger partial charge is 0.107 e. The Kier molecular flexibility index (Phi) is 3.05. The summed E-state index contributed by atoms with van der Waals surface area (Å²) < 4.78 is 0. The van der Waals surface area contributed by atoms with E-state index >= 15 is 0 Å². The lowest BCUT2D eigenvalue weighted by atomic mass is 10.1. The second-order valence-electron chi connectivity index (χ2n) is 4.32. The average Bonchev–Trinajstić information content (AvgIpc) is 2.59. The first-order valence-corrected chi connectivity index (χ1v) is 5.51. The molecule has 1 heterocycles. The summed E-state index contributed by atoms with van der Waals surface area (Å²) in [7, 11) is 0. The fourth-order valence-corrected chi connectivity index (χ4v) is 1.66. The van der Waals surface area contributed by atoms with Crippen LogP contribution in [0.4, 0.5) is 0 Å². The second kappa shape index (κ2) is 4.47. The number of nitrogens with one attached hydrogen (secondary N) is 1. The second-order valence-corrected chi connectivity index (χ2v) is 4.32. The van der Waals surface area contributed by atoms with E-state index in [1.807, 2.05) is 18.2 Å². The Bertz CT molecular complexity index is 396. The first kappa shape index (κ1) is 10.2. The lowest BCUT2D eigenvalue weighted by molar-refractivity contribution is 0.626. The Morgan fingerprint density at radius 1 is 1.33 bits per heavy atom. The molecule has 2 heteroatoms. The molecule has 0 saturated carbocycles. The van der Waals surface area contributed by atoms with Gasteiger partial charge >= 0.3 is 0 Å². The van der Waals surface area contributed by atoms with Crippen LogP contribution in [0, 0.1) is 12.3 Å². The monoisotopic (exact) mass is 201 g/mol. The third-order valence-corrected chi connectivity index (χ3v) is 2.41. The fourth-order valence-electron chi connectivity index (χ4n) is 1.66. The van der Waals surface area contributed by atoms with Crippen molar-refractivity contribution in [2.75, 3.05) is 0 Å². The molecule has 0 atom stereocenters. The van der Waals surface area contributed by atoms with E-state index in [1.165, 1.54) is 0 Å². The van der Waals surface area contributed by atoms with Crippen LogP contribution in [0.5, 0.6) is 0 Å². The highest BCUT2D eigenvalue weighted by Crippen LogP contribution is 2.12. The highest BCUT2D eigenvalue weighted by Gasteiger charge is 2.02. The van der Waals surface area contributed by atoms with Crippen LogP contribution in [0.3, 0.4) is 0 Å². The van der Waals surface area contributed by atoms with Crippen LogP contribution >= 0.6 is 0 Å². The van der Waals surface area contributed by atoms with Gasteiger partial charge in [0, 0.05) is 6.42 Å². The predicted molar refractivity (Wildman–Crippen MR) is 63.6 cm³/mol. The maximum Gasteiger partial charge on any atom is 0.107 e. The van der Waals surface area contributed by atoms with Crippen LogP contribution in [-0.4, -0.2) is 9.97 Å². The molecule has 2 nitrogen and oxygen atoms in total. The van der Waals surface area contributed by atoms with Gasteiger partial charge in [0.1, 0.15) is 5.82 Å². The molecule has 0 aliphatic heterocycles. The standard InChI is InChI=1S/C13H17N2/c1-10(2)6-5-9-13-14-11-7-3-4-8-12(11)15-13/h3-5,7-8,10H,6,9H2,1-2H3,(H,14,15). The fraction of sp³-hybridized carbons (Fsp3) is 0.385. The van der Waals surface area contributed by atoms with E-state index in [4.69, 9.17) is 0 Å². The molecular weight excluding hydrogens is 184 g/mol. The Morgan fingerprint density at radius 3 is 2.87 bits per heavy atom. The lowest BCUT2D eigenvalue weighted by Crippen LogP contribution is -1.93. The number of aromatic nitrogens is 2. The third kappa shape index (κ3) is 2.58. The van der Waals surface area contributed by atoms with Gasteiger partial charge in [-0.2, -0.15) is 0 Å². The van der Waals surface area contributed by atoms with Crippen molar-refractivity contribution in [1.82, 2.24) is 9.97 Å². The number of nitrogens with zero attached hydrogens (tertiary/aromatic N) is 1. The van der Waals surface area contributed by atoms with Crippen LogP contribution < -0.4 is 0 Å². The van der Waals surface area contributed by atoms with Gasteiger partial charge < -0.3 is 4.98 Å². The van der Waals surface area contributed by atoms with Crippen LogP contribution in [0.2, 0.25) is 0 Å². The third-order valence-electron chi connectivity index (χ3n) is 2.41. The van der Waals surface area contributed by atoms with Crippen molar-refractivity contribution < 1.29 is 0 Å². The van der Waals surface area contributed by atoms with Gasteiger partial charge in [-0.15, -0.1) is 0 Å². The van der Waals surface area contributed by atoms with Crippen LogP contribution in [0.15, 0.2) is 24.3 Å². The summed E-state index contributed by atoms with van der Waals surface area (Å²) in [5, 5.41) is 0. The molecule has 1 aromatic heterocycles. The molecule has 0 fully saturated rings. The van der Waals surface area contributed by atoms with Gasteiger partial charge in [0.2, 0.25) is 0 Å². The number of hydrogen-bond donors (Lipinski definition) is 1. The number of H-pyrrole nitrogens is 1. The Hall–Kier alpha value is -1.31. The first-order chi connectivity index (χ1) is 7.25. The van der Waals surface area contributed by atoms with Gasteiger partial charge in [-0.05, 0) is 30.9 Å². The number of rotatable bonds is 4. The van der Waals surface area contributed by atoms with Gasteiger partial charge in [-0.1, -0.05) is 26.0 Å². The zero-order chi connectivity index (χ0) is 10.7. The highest BCUT2D eigenvalue weighted by molar-refractivity contribution is 5.74. The zero-order valence-corrected chi connectivity index (χ0v) is 9.33. The number of fused-ring (bicyclic) bond motifs is 1. The van der Waals surface area contributed by atoms with Crippen molar-refractivity contribution in [2.45, 2.75) is 26.7 Å². The molecule has 15 heavy (non-hydrogen) atoms. The molecule has 0 spiro atoms. The van der Waals surface area contributed by atoms with Crippen molar-refractivity contribution in [3.63, 3.8) is 0 Å². The van der Waals surface area contributed by atoms with Crippen molar-refractivity contribution in [3.05, 3.63) is 36.5 Å². The molecule has 0 aliphatic rings. The molecule has 1 N–H and O–H groups in total. The molecule has 2 aromatic rings. The number of hydrogen-bond acceptors (Lipinski definition) is 1. The molecule has 79 valence electrons. The van der Waals surface area contributed by atoms with E-state index in [0.717, 1.165) is 35.6 Å². The quantitative estimate of drug-likeness (QED) is 0.807. The normalized spacial score (nSPS) is 11.4. The number of para-hydroxylation sites is 2. The molecule has 0 bridgehead atoms. The van der Waals surface area contributed by atoms with Crippen LogP contribution in [-0.2, 0) is 6.42 Å². The van der Waals surface area contributed by atoms with Gasteiger partial charge in [-0.25, -0.2) is 4.98 Å². The van der Waals surface area contributed by atoms with E-state index in [9.17, 15) is 0 Å². The molecule has 0 unspecified atom stereocenters. The van der Waals surface area contributed by atoms with Crippen LogP contribution in [0.25, 0.3) is 11.0 Å². The molecule has 1 radical (unpaired) electrons. The molecule has 1 aromatic carbocycles. The summed E-state index contributed by atoms with van der Waals surface area (Å²) in [6, 6.07) is 8.15. The van der Waals surface area contributed by atoms with Crippen molar-refractivity contribution in [3.8, 4) is 0 Å². The minimum Gasteiger partial charge on any atom is -0.342 e. The minimum atomic E-state index is 0.731. The summed E-state index contributed by atoms with van der Waals surface area (Å²) in [5.74, 6) is 1.80. The molecule has 2 rings (SSSR count). The maximum absolute atomic E-state index is 4.52. The molecule has 0 saturated heterocycles. The predicted octanol–water partition coefficient (Wildman–Crippen LogP) is 3.36. The topological polar surface area (TPSA) is 28.7 Å². The lowest BCUT2D eigenvalue weighted by Gasteiger charge is -2.01. The first-order valence-electron chi connectivity index (χ1n) is 5.51. The number of aromatic amines is 1. The number of benzene rings is 1. The van der Waals surface area contributed by atoms with E-state index in [1.54, 1.807) is 0 Å². The molecule has 0 amide bonds. The van der Waals surface area contributed by atoms with E-state index in [-0.39, 0.29) is 0 Å². The molecular formula is C13H17N2. The highest BCUT2D eigenvalue weighted by atomic mass is 14.9. The zero-order valence-electron chi connectivity index (χ0n) is 9.33. The number of imidazole rings is 1. The van der Waals surface area contributed by atoms with E-state index in [0.29, 0.717) is 0 Å². The van der Waals surface area contributed by atoms with Crippen molar-refractivity contribution in [1.29, 1.82) is 0 Å². The summed E-state index contributed by atoms with van der Waals surface area (Å²) in [6.07, 6.45) is 4.38. The van der Waals surface area contributed by atoms with E-state index < -0.39 is 0 Å². The van der Waals surface area contributed by atoms with Gasteiger partial charge in [0.15, 0.2) is 0 Å². The Labute approximate surface area is 90.7 Å². The Balaban J connectivity index is 2.03. The summed E-state index contributed by atoms with van der Waals surface area (Å²) >= 11 is 0. The van der Waals surface area contributed by atoms with Gasteiger partial charge in [-0.3, -0.25) is 0 Å². The SMILES string of the molecule is CC(C)C[CH]Cc1nc2ccccc2[nH]1. The van der Waals surface area contributed by atoms with E-state index in [2.05, 4.69) is 36.3 Å².